The molecule has 2 atom stereocenters. The summed E-state index contributed by atoms with van der Waals surface area (Å²) in [6.45, 7) is 4.57. The Kier molecular flexibility index (Phi) is 8.15. The van der Waals surface area contributed by atoms with E-state index in [-0.39, 0.29) is 23.6 Å². The third kappa shape index (κ3) is 6.82. The minimum atomic E-state index is -3.10. The Balaban J connectivity index is 1.58. The molecule has 0 spiro atoms. The van der Waals surface area contributed by atoms with Crippen LogP contribution in [0.1, 0.15) is 57.9 Å². The molecular formula is C24H30F3N3O3. The van der Waals surface area contributed by atoms with Crippen molar-refractivity contribution in [2.45, 2.75) is 64.4 Å². The molecular weight excluding hydrogens is 435 g/mol. The zero-order chi connectivity index (χ0) is 24.0. The smallest absolute Gasteiger partial charge is 0.278 e. The normalized spacial score (nSPS) is 17.2. The van der Waals surface area contributed by atoms with Crippen molar-refractivity contribution in [3.8, 4) is 11.6 Å². The molecule has 33 heavy (non-hydrogen) atoms. The number of halogens is 3. The largest absolute Gasteiger partial charge is 0.489 e. The fourth-order valence-electron chi connectivity index (χ4n) is 3.66. The predicted octanol–water partition coefficient (Wildman–Crippen LogP) is 5.17. The van der Waals surface area contributed by atoms with Crippen LogP contribution in [0.2, 0.25) is 0 Å². The monoisotopic (exact) mass is 465 g/mol. The van der Waals surface area contributed by atoms with Crippen LogP contribution in [0.5, 0.6) is 11.6 Å². The Labute approximate surface area is 192 Å². The molecule has 1 fully saturated rings. The predicted molar refractivity (Wildman–Crippen MR) is 119 cm³/mol. The number of carbonyl (C=O) groups is 1. The Morgan fingerprint density at radius 3 is 2.67 bits per heavy atom. The zero-order valence-electron chi connectivity index (χ0n) is 19.2. The van der Waals surface area contributed by atoms with Gasteiger partial charge in [-0.05, 0) is 24.1 Å². The van der Waals surface area contributed by atoms with E-state index in [1.807, 2.05) is 31.2 Å². The van der Waals surface area contributed by atoms with Crippen molar-refractivity contribution in [1.82, 2.24) is 9.97 Å². The SMILES string of the molecule is CCCCC(=O)C(C)c1ccc(O[C@@H]2CCN(c3ncnc(OCC(C)(F)F)c3F)C2)cc1. The summed E-state index contributed by atoms with van der Waals surface area (Å²) < 4.78 is 51.6. The van der Waals surface area contributed by atoms with Crippen LogP contribution in [0.15, 0.2) is 30.6 Å². The molecule has 2 heterocycles. The van der Waals surface area contributed by atoms with E-state index in [1.54, 1.807) is 4.90 Å². The van der Waals surface area contributed by atoms with E-state index in [2.05, 4.69) is 16.9 Å². The molecule has 1 aliphatic heterocycles. The number of anilines is 1. The van der Waals surface area contributed by atoms with Crippen molar-refractivity contribution >= 4 is 11.6 Å². The lowest BCUT2D eigenvalue weighted by Gasteiger charge is -2.20. The topological polar surface area (TPSA) is 64.5 Å². The Hall–Kier alpha value is -2.84. The number of rotatable bonds is 11. The molecule has 0 radical (unpaired) electrons. The highest BCUT2D eigenvalue weighted by Crippen LogP contribution is 2.29. The van der Waals surface area contributed by atoms with Gasteiger partial charge in [-0.15, -0.1) is 0 Å². The summed E-state index contributed by atoms with van der Waals surface area (Å²) in [4.78, 5) is 21.5. The van der Waals surface area contributed by atoms with E-state index in [0.29, 0.717) is 38.6 Å². The van der Waals surface area contributed by atoms with Gasteiger partial charge in [0.25, 0.3) is 11.8 Å². The first-order valence-corrected chi connectivity index (χ1v) is 11.2. The van der Waals surface area contributed by atoms with Crippen LogP contribution in [0.25, 0.3) is 0 Å². The summed E-state index contributed by atoms with van der Waals surface area (Å²) >= 11 is 0. The maximum Gasteiger partial charge on any atom is 0.278 e. The number of benzene rings is 1. The molecule has 0 aliphatic carbocycles. The van der Waals surface area contributed by atoms with E-state index < -0.39 is 24.2 Å². The lowest BCUT2D eigenvalue weighted by atomic mass is 9.94. The third-order valence-electron chi connectivity index (χ3n) is 5.59. The summed E-state index contributed by atoms with van der Waals surface area (Å²) in [7, 11) is 0. The number of nitrogens with zero attached hydrogens (tertiary/aromatic N) is 3. The molecule has 3 rings (SSSR count). The number of unbranched alkanes of at least 4 members (excludes halogenated alkanes) is 1. The standard InChI is InChI=1S/C24H30F3N3O3/c1-4-5-6-20(31)16(2)17-7-9-18(10-8-17)33-19-11-12-30(13-19)22-21(25)23(29-15-28-22)32-14-24(3,26)27/h7-10,15-16,19H,4-6,11-14H2,1-3H3/t16?,19-/m1/s1. The summed E-state index contributed by atoms with van der Waals surface area (Å²) in [5.74, 6) is -3.72. The second kappa shape index (κ2) is 10.9. The Morgan fingerprint density at radius 2 is 2.00 bits per heavy atom. The van der Waals surface area contributed by atoms with Crippen LogP contribution in [0.3, 0.4) is 0 Å². The highest BCUT2D eigenvalue weighted by molar-refractivity contribution is 5.85. The van der Waals surface area contributed by atoms with Gasteiger partial charge in [-0.2, -0.15) is 9.37 Å². The molecule has 0 amide bonds. The number of aromatic nitrogens is 2. The molecule has 180 valence electrons. The number of carbonyl (C=O) groups excluding carboxylic acids is 1. The van der Waals surface area contributed by atoms with E-state index in [9.17, 15) is 18.0 Å². The van der Waals surface area contributed by atoms with Crippen LogP contribution >= 0.6 is 0 Å². The van der Waals surface area contributed by atoms with E-state index in [1.165, 1.54) is 0 Å². The first-order valence-electron chi connectivity index (χ1n) is 11.2. The van der Waals surface area contributed by atoms with Crippen LogP contribution in [-0.4, -0.2) is 47.5 Å². The molecule has 1 aliphatic rings. The minimum absolute atomic E-state index is 0.000263. The lowest BCUT2D eigenvalue weighted by Crippen LogP contribution is -2.27. The highest BCUT2D eigenvalue weighted by atomic mass is 19.3. The molecule has 9 heteroatoms. The van der Waals surface area contributed by atoms with Gasteiger partial charge in [0.2, 0.25) is 5.82 Å². The molecule has 1 unspecified atom stereocenters. The van der Waals surface area contributed by atoms with Crippen molar-refractivity contribution in [3.63, 3.8) is 0 Å². The first-order chi connectivity index (χ1) is 15.7. The quantitative estimate of drug-likeness (QED) is 0.456. The van der Waals surface area contributed by atoms with Gasteiger partial charge >= 0.3 is 0 Å². The van der Waals surface area contributed by atoms with Gasteiger partial charge in [0, 0.05) is 32.2 Å². The molecule has 0 N–H and O–H groups in total. The third-order valence-corrected chi connectivity index (χ3v) is 5.59. The molecule has 2 aromatic rings. The number of ketones is 1. The van der Waals surface area contributed by atoms with Crippen molar-refractivity contribution < 1.29 is 27.4 Å². The molecule has 1 aromatic carbocycles. The maximum atomic E-state index is 14.7. The average Bonchev–Trinajstić information content (AvgIpc) is 3.24. The molecule has 1 saturated heterocycles. The molecule has 6 nitrogen and oxygen atoms in total. The van der Waals surface area contributed by atoms with Gasteiger partial charge in [-0.25, -0.2) is 13.8 Å². The summed E-state index contributed by atoms with van der Waals surface area (Å²) in [5.41, 5.74) is 0.949. The van der Waals surface area contributed by atoms with Crippen LogP contribution in [-0.2, 0) is 4.79 Å². The lowest BCUT2D eigenvalue weighted by molar-refractivity contribution is -0.120. The maximum absolute atomic E-state index is 14.7. The van der Waals surface area contributed by atoms with Crippen LogP contribution in [0.4, 0.5) is 19.0 Å². The van der Waals surface area contributed by atoms with Gasteiger partial charge in [0.15, 0.2) is 12.4 Å². The highest BCUT2D eigenvalue weighted by Gasteiger charge is 2.30. The minimum Gasteiger partial charge on any atom is -0.489 e. The van der Waals surface area contributed by atoms with Crippen molar-refractivity contribution in [1.29, 1.82) is 0 Å². The number of alkyl halides is 2. The van der Waals surface area contributed by atoms with Crippen molar-refractivity contribution in [3.05, 3.63) is 42.0 Å². The number of Topliss-reactive ketones (excluding diaryl/α,β-unsaturated/α-hetero) is 1. The van der Waals surface area contributed by atoms with Gasteiger partial charge in [0.05, 0.1) is 6.54 Å². The molecule has 0 bridgehead atoms. The fraction of sp³-hybridized carbons (Fsp3) is 0.542. The second-order valence-electron chi connectivity index (χ2n) is 8.51. The second-order valence-corrected chi connectivity index (χ2v) is 8.51. The van der Waals surface area contributed by atoms with Crippen LogP contribution < -0.4 is 14.4 Å². The average molecular weight is 466 g/mol. The van der Waals surface area contributed by atoms with Crippen molar-refractivity contribution in [2.24, 2.45) is 0 Å². The first kappa shape index (κ1) is 24.8. The van der Waals surface area contributed by atoms with Crippen molar-refractivity contribution in [2.75, 3.05) is 24.6 Å². The summed E-state index contributed by atoms with van der Waals surface area (Å²) in [6.07, 6.45) is 4.01. The van der Waals surface area contributed by atoms with E-state index >= 15 is 0 Å². The van der Waals surface area contributed by atoms with Gasteiger partial charge in [-0.3, -0.25) is 4.79 Å². The zero-order valence-corrected chi connectivity index (χ0v) is 19.2. The van der Waals surface area contributed by atoms with E-state index in [0.717, 1.165) is 24.7 Å². The number of ether oxygens (including phenoxy) is 2. The number of hydrogen-bond donors (Lipinski definition) is 0. The summed E-state index contributed by atoms with van der Waals surface area (Å²) in [5, 5.41) is 0. The fourth-order valence-corrected chi connectivity index (χ4v) is 3.66. The summed E-state index contributed by atoms with van der Waals surface area (Å²) in [6, 6.07) is 7.47. The van der Waals surface area contributed by atoms with E-state index in [4.69, 9.17) is 9.47 Å². The number of hydrogen-bond acceptors (Lipinski definition) is 6. The van der Waals surface area contributed by atoms with Gasteiger partial charge in [0.1, 0.15) is 24.0 Å². The molecule has 0 saturated carbocycles. The Morgan fingerprint density at radius 1 is 1.27 bits per heavy atom. The van der Waals surface area contributed by atoms with Gasteiger partial charge in [-0.1, -0.05) is 32.4 Å². The Bertz CT molecular complexity index is 935. The molecule has 1 aromatic heterocycles. The van der Waals surface area contributed by atoms with Crippen LogP contribution in [0, 0.1) is 5.82 Å². The van der Waals surface area contributed by atoms with Gasteiger partial charge < -0.3 is 14.4 Å².